The summed E-state index contributed by atoms with van der Waals surface area (Å²) in [6, 6.07) is 10.2. The van der Waals surface area contributed by atoms with Crippen molar-refractivity contribution in [2.75, 3.05) is 0 Å². The second-order valence-corrected chi connectivity index (χ2v) is 6.77. The van der Waals surface area contributed by atoms with Crippen molar-refractivity contribution in [1.29, 1.82) is 0 Å². The van der Waals surface area contributed by atoms with Crippen molar-refractivity contribution in [2.24, 2.45) is 5.41 Å². The van der Waals surface area contributed by atoms with Crippen molar-refractivity contribution in [3.05, 3.63) is 46.1 Å². The molecule has 1 aromatic carbocycles. The molecule has 100 valence electrons. The van der Waals surface area contributed by atoms with Crippen LogP contribution in [0.3, 0.4) is 0 Å². The summed E-state index contributed by atoms with van der Waals surface area (Å²) in [7, 11) is 0. The molecule has 0 aromatic heterocycles. The Labute approximate surface area is 122 Å². The highest BCUT2D eigenvalue weighted by molar-refractivity contribution is 9.11. The molecule has 1 saturated heterocycles. The summed E-state index contributed by atoms with van der Waals surface area (Å²) in [6.07, 6.45) is 4.01. The number of rotatable bonds is 2. The van der Waals surface area contributed by atoms with Gasteiger partial charge in [-0.1, -0.05) is 53.2 Å². The SMILES string of the molecule is CC12CCCC(Br)=C1N(Cc1ccccc1)C(=O)C2. The molecule has 1 aromatic rings. The van der Waals surface area contributed by atoms with E-state index in [1.807, 2.05) is 23.1 Å². The van der Waals surface area contributed by atoms with Crippen LogP contribution in [0.2, 0.25) is 0 Å². The highest BCUT2D eigenvalue weighted by atomic mass is 79.9. The molecule has 1 unspecified atom stereocenters. The average Bonchev–Trinajstić information content (AvgIpc) is 2.63. The van der Waals surface area contributed by atoms with Crippen molar-refractivity contribution in [3.8, 4) is 0 Å². The molecular weight excluding hydrogens is 302 g/mol. The zero-order chi connectivity index (χ0) is 13.5. The number of likely N-dealkylation sites (tertiary alicyclic amines) is 1. The molecule has 3 heteroatoms. The fraction of sp³-hybridized carbons (Fsp3) is 0.438. The summed E-state index contributed by atoms with van der Waals surface area (Å²) >= 11 is 3.70. The fourth-order valence-electron chi connectivity index (χ4n) is 3.33. The molecule has 0 bridgehead atoms. The topological polar surface area (TPSA) is 20.3 Å². The highest BCUT2D eigenvalue weighted by Gasteiger charge is 2.46. The van der Waals surface area contributed by atoms with Crippen LogP contribution in [0.5, 0.6) is 0 Å². The Bertz CT molecular complexity index is 537. The first kappa shape index (κ1) is 12.9. The fourth-order valence-corrected chi connectivity index (χ4v) is 4.30. The third-order valence-corrected chi connectivity index (χ3v) is 5.02. The van der Waals surface area contributed by atoms with Gasteiger partial charge in [0.25, 0.3) is 0 Å². The predicted octanol–water partition coefficient (Wildman–Crippen LogP) is 4.22. The van der Waals surface area contributed by atoms with E-state index < -0.39 is 0 Å². The zero-order valence-electron chi connectivity index (χ0n) is 11.2. The maximum absolute atomic E-state index is 12.4. The zero-order valence-corrected chi connectivity index (χ0v) is 12.7. The van der Waals surface area contributed by atoms with Crippen molar-refractivity contribution >= 4 is 21.8 Å². The van der Waals surface area contributed by atoms with Crippen molar-refractivity contribution in [1.82, 2.24) is 4.90 Å². The molecule has 3 rings (SSSR count). The molecule has 0 N–H and O–H groups in total. The lowest BCUT2D eigenvalue weighted by Crippen LogP contribution is -2.27. The Morgan fingerprint density at radius 1 is 1.32 bits per heavy atom. The van der Waals surface area contributed by atoms with Crippen LogP contribution in [0.4, 0.5) is 0 Å². The van der Waals surface area contributed by atoms with E-state index in [0.717, 1.165) is 12.8 Å². The van der Waals surface area contributed by atoms with Crippen LogP contribution >= 0.6 is 15.9 Å². The third kappa shape index (κ3) is 2.25. The molecule has 0 spiro atoms. The number of amides is 1. The molecule has 19 heavy (non-hydrogen) atoms. The molecule has 1 amide bonds. The maximum Gasteiger partial charge on any atom is 0.228 e. The van der Waals surface area contributed by atoms with Crippen molar-refractivity contribution in [2.45, 2.75) is 39.2 Å². The molecule has 1 atom stereocenters. The predicted molar refractivity (Wildman–Crippen MR) is 79.5 cm³/mol. The van der Waals surface area contributed by atoms with E-state index in [-0.39, 0.29) is 11.3 Å². The van der Waals surface area contributed by atoms with Gasteiger partial charge in [-0.05, 0) is 24.8 Å². The summed E-state index contributed by atoms with van der Waals surface area (Å²) in [6.45, 7) is 2.92. The van der Waals surface area contributed by atoms with Gasteiger partial charge in [0.1, 0.15) is 0 Å². The number of nitrogens with zero attached hydrogens (tertiary/aromatic N) is 1. The van der Waals surface area contributed by atoms with Gasteiger partial charge in [-0.3, -0.25) is 4.79 Å². The summed E-state index contributed by atoms with van der Waals surface area (Å²) in [5, 5.41) is 0. The highest BCUT2D eigenvalue weighted by Crippen LogP contribution is 2.51. The van der Waals surface area contributed by atoms with E-state index in [9.17, 15) is 4.79 Å². The van der Waals surface area contributed by atoms with Gasteiger partial charge >= 0.3 is 0 Å². The molecule has 2 nitrogen and oxygen atoms in total. The van der Waals surface area contributed by atoms with Crippen LogP contribution < -0.4 is 0 Å². The largest absolute Gasteiger partial charge is 0.310 e. The normalized spacial score (nSPS) is 26.8. The number of benzene rings is 1. The van der Waals surface area contributed by atoms with Gasteiger partial charge in [-0.2, -0.15) is 0 Å². The summed E-state index contributed by atoms with van der Waals surface area (Å²) in [5.74, 6) is 0.264. The Hall–Kier alpha value is -1.09. The molecule has 1 heterocycles. The van der Waals surface area contributed by atoms with E-state index in [1.165, 1.54) is 22.2 Å². The van der Waals surface area contributed by atoms with Gasteiger partial charge in [0, 0.05) is 22.0 Å². The van der Waals surface area contributed by atoms with Crippen LogP contribution in [0.15, 0.2) is 40.5 Å². The first-order chi connectivity index (χ1) is 9.10. The molecule has 2 aliphatic rings. The van der Waals surface area contributed by atoms with Crippen LogP contribution in [-0.4, -0.2) is 10.8 Å². The van der Waals surface area contributed by atoms with Crippen LogP contribution in [0, 0.1) is 5.41 Å². The van der Waals surface area contributed by atoms with Gasteiger partial charge in [-0.25, -0.2) is 0 Å². The maximum atomic E-state index is 12.4. The molecule has 0 radical (unpaired) electrons. The first-order valence-corrected chi connectivity index (χ1v) is 7.63. The van der Waals surface area contributed by atoms with Crippen LogP contribution in [-0.2, 0) is 11.3 Å². The van der Waals surface area contributed by atoms with Gasteiger partial charge < -0.3 is 4.90 Å². The number of carbonyl (C=O) groups excluding carboxylic acids is 1. The quantitative estimate of drug-likeness (QED) is 0.799. The van der Waals surface area contributed by atoms with Gasteiger partial charge in [0.05, 0.1) is 6.54 Å². The monoisotopic (exact) mass is 319 g/mol. The number of hydrogen-bond acceptors (Lipinski definition) is 1. The Balaban J connectivity index is 1.95. The molecule has 1 aliphatic carbocycles. The molecule has 1 aliphatic heterocycles. The first-order valence-electron chi connectivity index (χ1n) is 6.83. The lowest BCUT2D eigenvalue weighted by molar-refractivity contribution is -0.127. The second-order valence-electron chi connectivity index (χ2n) is 5.81. The van der Waals surface area contributed by atoms with E-state index in [1.54, 1.807) is 0 Å². The number of halogens is 1. The van der Waals surface area contributed by atoms with Gasteiger partial charge in [0.2, 0.25) is 5.91 Å². The summed E-state index contributed by atoms with van der Waals surface area (Å²) < 4.78 is 1.23. The molecule has 0 saturated carbocycles. The van der Waals surface area contributed by atoms with Crippen LogP contribution in [0.1, 0.15) is 38.2 Å². The smallest absolute Gasteiger partial charge is 0.228 e. The van der Waals surface area contributed by atoms with Crippen molar-refractivity contribution in [3.63, 3.8) is 0 Å². The average molecular weight is 320 g/mol. The Morgan fingerprint density at radius 2 is 2.05 bits per heavy atom. The standard InChI is InChI=1S/C16H18BrNO/c1-16-9-5-8-13(17)15(16)18(14(19)10-16)11-12-6-3-2-4-7-12/h2-4,6-7H,5,8-11H2,1H3. The molecule has 1 fully saturated rings. The second kappa shape index (κ2) is 4.78. The number of hydrogen-bond donors (Lipinski definition) is 0. The van der Waals surface area contributed by atoms with E-state index in [4.69, 9.17) is 0 Å². The van der Waals surface area contributed by atoms with Crippen molar-refractivity contribution < 1.29 is 4.79 Å². The molecular formula is C16H18BrNO. The lowest BCUT2D eigenvalue weighted by atomic mass is 9.77. The number of carbonyl (C=O) groups is 1. The van der Waals surface area contributed by atoms with E-state index in [0.29, 0.717) is 13.0 Å². The van der Waals surface area contributed by atoms with Crippen LogP contribution in [0.25, 0.3) is 0 Å². The minimum absolute atomic E-state index is 0.0446. The van der Waals surface area contributed by atoms with E-state index in [2.05, 4.69) is 35.0 Å². The number of fused-ring (bicyclic) bond motifs is 1. The third-order valence-electron chi connectivity index (χ3n) is 4.25. The summed E-state index contributed by atoms with van der Waals surface area (Å²) in [4.78, 5) is 14.4. The van der Waals surface area contributed by atoms with Gasteiger partial charge in [0.15, 0.2) is 0 Å². The minimum atomic E-state index is 0.0446. The Morgan fingerprint density at radius 3 is 2.79 bits per heavy atom. The van der Waals surface area contributed by atoms with E-state index >= 15 is 0 Å². The summed E-state index contributed by atoms with van der Waals surface area (Å²) in [5.41, 5.74) is 2.47. The van der Waals surface area contributed by atoms with Gasteiger partial charge in [-0.15, -0.1) is 0 Å². The minimum Gasteiger partial charge on any atom is -0.310 e. The Kier molecular flexibility index (Phi) is 3.25. The lowest BCUT2D eigenvalue weighted by Gasteiger charge is -2.33. The number of allylic oxidation sites excluding steroid dienone is 2.